The van der Waals surface area contributed by atoms with E-state index in [0.29, 0.717) is 10.5 Å². The molecular weight excluding hydrogens is 200 g/mol. The third-order valence-electron chi connectivity index (χ3n) is 2.51. The molecule has 14 heavy (non-hydrogen) atoms. The van der Waals surface area contributed by atoms with Gasteiger partial charge in [-0.25, -0.2) is 8.42 Å². The van der Waals surface area contributed by atoms with Gasteiger partial charge in [0.15, 0.2) is 9.84 Å². The third kappa shape index (κ3) is 1.26. The lowest BCUT2D eigenvalue weighted by molar-refractivity contribution is -0.117. The molecular formula is C10H10O3S. The normalized spacial score (nSPS) is 23.1. The molecule has 1 aromatic rings. The van der Waals surface area contributed by atoms with Crippen LogP contribution in [-0.2, 0) is 14.6 Å². The quantitative estimate of drug-likeness (QED) is 0.698. The first-order valence-corrected chi connectivity index (χ1v) is 6.00. The number of Topliss-reactive ketones (excluding diaryl/α,β-unsaturated/α-hetero) is 1. The predicted octanol–water partition coefficient (Wildman–Crippen LogP) is 1.15. The van der Waals surface area contributed by atoms with Crippen molar-refractivity contribution in [3.8, 4) is 0 Å². The fourth-order valence-electron chi connectivity index (χ4n) is 1.79. The van der Waals surface area contributed by atoms with Crippen molar-refractivity contribution in [3.63, 3.8) is 0 Å². The highest BCUT2D eigenvalue weighted by Gasteiger charge is 2.36. The van der Waals surface area contributed by atoms with Crippen LogP contribution in [0.2, 0.25) is 0 Å². The Balaban J connectivity index is 2.66. The first-order chi connectivity index (χ1) is 6.52. The van der Waals surface area contributed by atoms with E-state index in [2.05, 4.69) is 0 Å². The Bertz CT molecular complexity index is 488. The Morgan fingerprint density at radius 1 is 1.36 bits per heavy atom. The molecule has 0 saturated carbocycles. The van der Waals surface area contributed by atoms with E-state index in [1.54, 1.807) is 24.3 Å². The molecule has 4 heteroatoms. The van der Waals surface area contributed by atoms with E-state index in [1.165, 1.54) is 6.92 Å². The number of ketones is 1. The number of sulfone groups is 1. The van der Waals surface area contributed by atoms with Crippen molar-refractivity contribution in [3.05, 3.63) is 29.8 Å². The summed E-state index contributed by atoms with van der Waals surface area (Å²) in [6, 6.07) is 6.72. The van der Waals surface area contributed by atoms with Crippen molar-refractivity contribution < 1.29 is 13.2 Å². The zero-order valence-electron chi connectivity index (χ0n) is 7.73. The predicted molar refractivity (Wildman–Crippen MR) is 51.9 cm³/mol. The van der Waals surface area contributed by atoms with Crippen molar-refractivity contribution in [2.75, 3.05) is 5.75 Å². The number of carbonyl (C=O) groups excluding carboxylic acids is 1. The van der Waals surface area contributed by atoms with Gasteiger partial charge in [-0.3, -0.25) is 4.79 Å². The fraction of sp³-hybridized carbons (Fsp3) is 0.300. The Labute approximate surface area is 82.7 Å². The van der Waals surface area contributed by atoms with Crippen LogP contribution in [0, 0.1) is 0 Å². The van der Waals surface area contributed by atoms with Crippen LogP contribution < -0.4 is 0 Å². The van der Waals surface area contributed by atoms with Crippen LogP contribution in [0.5, 0.6) is 0 Å². The summed E-state index contributed by atoms with van der Waals surface area (Å²) < 4.78 is 23.2. The second kappa shape index (κ2) is 2.92. The smallest absolute Gasteiger partial charge is 0.179 e. The zero-order chi connectivity index (χ0) is 10.3. The van der Waals surface area contributed by atoms with Gasteiger partial charge in [0.05, 0.1) is 16.6 Å². The van der Waals surface area contributed by atoms with Crippen LogP contribution in [0.15, 0.2) is 29.2 Å². The molecule has 1 heterocycles. The summed E-state index contributed by atoms with van der Waals surface area (Å²) in [6.07, 6.45) is 0. The Morgan fingerprint density at radius 3 is 2.64 bits per heavy atom. The van der Waals surface area contributed by atoms with Crippen LogP contribution >= 0.6 is 0 Å². The van der Waals surface area contributed by atoms with Gasteiger partial charge in [0.25, 0.3) is 0 Å². The molecule has 1 aromatic carbocycles. The second-order valence-electron chi connectivity index (χ2n) is 3.48. The highest BCUT2D eigenvalue weighted by Crippen LogP contribution is 2.34. The molecule has 0 aromatic heterocycles. The van der Waals surface area contributed by atoms with E-state index in [4.69, 9.17) is 0 Å². The molecule has 0 radical (unpaired) electrons. The van der Waals surface area contributed by atoms with Crippen molar-refractivity contribution in [2.24, 2.45) is 0 Å². The largest absolute Gasteiger partial charge is 0.299 e. The Kier molecular flexibility index (Phi) is 1.96. The summed E-state index contributed by atoms with van der Waals surface area (Å²) in [7, 11) is -3.22. The fourth-order valence-corrected chi connectivity index (χ4v) is 3.67. The summed E-state index contributed by atoms with van der Waals surface area (Å²) in [5.74, 6) is -0.614. The van der Waals surface area contributed by atoms with Gasteiger partial charge in [-0.2, -0.15) is 0 Å². The standard InChI is InChI=1S/C10H10O3S/c1-7(11)9-6-14(12,13)10-5-3-2-4-8(9)10/h2-5,9H,6H2,1H3. The molecule has 0 fully saturated rings. The van der Waals surface area contributed by atoms with E-state index < -0.39 is 15.8 Å². The molecule has 1 atom stereocenters. The minimum atomic E-state index is -3.22. The lowest BCUT2D eigenvalue weighted by atomic mass is 9.98. The number of benzene rings is 1. The lowest BCUT2D eigenvalue weighted by Gasteiger charge is -2.03. The lowest BCUT2D eigenvalue weighted by Crippen LogP contribution is -2.10. The summed E-state index contributed by atoms with van der Waals surface area (Å²) in [5, 5.41) is 0. The van der Waals surface area contributed by atoms with Crippen LogP contribution in [-0.4, -0.2) is 20.0 Å². The van der Waals surface area contributed by atoms with Crippen molar-refractivity contribution in [1.82, 2.24) is 0 Å². The highest BCUT2D eigenvalue weighted by molar-refractivity contribution is 7.91. The van der Waals surface area contributed by atoms with Crippen LogP contribution in [0.3, 0.4) is 0 Å². The van der Waals surface area contributed by atoms with E-state index in [1.807, 2.05) is 0 Å². The molecule has 1 aliphatic heterocycles. The summed E-state index contributed by atoms with van der Waals surface area (Å²) in [5.41, 5.74) is 0.653. The van der Waals surface area contributed by atoms with Gasteiger partial charge in [-0.1, -0.05) is 18.2 Å². The number of hydrogen-bond donors (Lipinski definition) is 0. The zero-order valence-corrected chi connectivity index (χ0v) is 8.54. The minimum Gasteiger partial charge on any atom is -0.299 e. The van der Waals surface area contributed by atoms with Crippen LogP contribution in [0.4, 0.5) is 0 Å². The average Bonchev–Trinajstić information content (AvgIpc) is 2.40. The highest BCUT2D eigenvalue weighted by atomic mass is 32.2. The average molecular weight is 210 g/mol. The maximum absolute atomic E-state index is 11.6. The van der Waals surface area contributed by atoms with Gasteiger partial charge in [0, 0.05) is 0 Å². The van der Waals surface area contributed by atoms with E-state index in [0.717, 1.165) is 0 Å². The second-order valence-corrected chi connectivity index (χ2v) is 5.49. The molecule has 0 bridgehead atoms. The monoisotopic (exact) mass is 210 g/mol. The topological polar surface area (TPSA) is 51.2 Å². The summed E-state index contributed by atoms with van der Waals surface area (Å²) in [6.45, 7) is 1.43. The minimum absolute atomic E-state index is 0.0678. The van der Waals surface area contributed by atoms with Crippen LogP contribution in [0.1, 0.15) is 18.4 Å². The third-order valence-corrected chi connectivity index (χ3v) is 4.32. The van der Waals surface area contributed by atoms with Crippen molar-refractivity contribution >= 4 is 15.6 Å². The van der Waals surface area contributed by atoms with Crippen molar-refractivity contribution in [2.45, 2.75) is 17.7 Å². The molecule has 2 rings (SSSR count). The molecule has 0 saturated heterocycles. The van der Waals surface area contributed by atoms with E-state index in [-0.39, 0.29) is 11.5 Å². The van der Waals surface area contributed by atoms with E-state index in [9.17, 15) is 13.2 Å². The Hall–Kier alpha value is -1.16. The van der Waals surface area contributed by atoms with Gasteiger partial charge in [-0.15, -0.1) is 0 Å². The molecule has 0 spiro atoms. The number of carbonyl (C=O) groups is 1. The summed E-state index contributed by atoms with van der Waals surface area (Å²) >= 11 is 0. The molecule has 0 N–H and O–H groups in total. The Morgan fingerprint density at radius 2 is 2.00 bits per heavy atom. The van der Waals surface area contributed by atoms with Gasteiger partial charge < -0.3 is 0 Å². The van der Waals surface area contributed by atoms with E-state index >= 15 is 0 Å². The molecule has 1 unspecified atom stereocenters. The summed E-state index contributed by atoms with van der Waals surface area (Å²) in [4.78, 5) is 11.6. The van der Waals surface area contributed by atoms with Gasteiger partial charge >= 0.3 is 0 Å². The van der Waals surface area contributed by atoms with Gasteiger partial charge in [-0.05, 0) is 18.6 Å². The molecule has 74 valence electrons. The maximum Gasteiger partial charge on any atom is 0.179 e. The first-order valence-electron chi connectivity index (χ1n) is 4.34. The number of rotatable bonds is 1. The SMILES string of the molecule is CC(=O)C1CS(=O)(=O)c2ccccc21. The molecule has 0 amide bonds. The van der Waals surface area contributed by atoms with Gasteiger partial charge in [0.1, 0.15) is 5.78 Å². The number of hydrogen-bond acceptors (Lipinski definition) is 3. The molecule has 3 nitrogen and oxygen atoms in total. The molecule has 0 aliphatic carbocycles. The first kappa shape index (κ1) is 9.40. The van der Waals surface area contributed by atoms with Crippen molar-refractivity contribution in [1.29, 1.82) is 0 Å². The van der Waals surface area contributed by atoms with Crippen LogP contribution in [0.25, 0.3) is 0 Å². The molecule has 1 aliphatic rings. The van der Waals surface area contributed by atoms with Gasteiger partial charge in [0.2, 0.25) is 0 Å². The maximum atomic E-state index is 11.6. The number of fused-ring (bicyclic) bond motifs is 1.